The van der Waals surface area contributed by atoms with Crippen LogP contribution in [0.3, 0.4) is 0 Å². The van der Waals surface area contributed by atoms with Crippen molar-refractivity contribution in [2.45, 2.75) is 32.4 Å². The Morgan fingerprint density at radius 1 is 1.47 bits per heavy atom. The van der Waals surface area contributed by atoms with Gasteiger partial charge in [0.25, 0.3) is 0 Å². The highest BCUT2D eigenvalue weighted by molar-refractivity contribution is 5.55. The van der Waals surface area contributed by atoms with Crippen LogP contribution in [-0.4, -0.2) is 31.3 Å². The number of nitrogens with zero attached hydrogens (tertiary/aromatic N) is 1. The summed E-state index contributed by atoms with van der Waals surface area (Å²) in [6.07, 6.45) is 0.655. The van der Waals surface area contributed by atoms with Crippen LogP contribution < -0.4 is 10.2 Å². The molecule has 0 saturated carbocycles. The van der Waals surface area contributed by atoms with E-state index < -0.39 is 0 Å². The molecule has 2 N–H and O–H groups in total. The van der Waals surface area contributed by atoms with Gasteiger partial charge in [0.2, 0.25) is 0 Å². The normalized spacial score (nSPS) is 25.4. The standard InChI is InChI=1S/C15H23FN2O/c1-10-6-7-18(9-15(10)19)14-5-4-12(16)8-13(14)11(2)17-3/h4-5,8,10-11,15,17,19H,6-7,9H2,1-3H3. The second kappa shape index (κ2) is 5.88. The third-order valence-corrected chi connectivity index (χ3v) is 4.15. The fourth-order valence-corrected chi connectivity index (χ4v) is 2.58. The third-order valence-electron chi connectivity index (χ3n) is 4.15. The number of piperidine rings is 1. The van der Waals surface area contributed by atoms with E-state index in [0.29, 0.717) is 12.5 Å². The lowest BCUT2D eigenvalue weighted by molar-refractivity contribution is 0.103. The maximum absolute atomic E-state index is 13.5. The Balaban J connectivity index is 2.28. The Labute approximate surface area is 114 Å². The number of anilines is 1. The van der Waals surface area contributed by atoms with Crippen LogP contribution in [0.2, 0.25) is 0 Å². The van der Waals surface area contributed by atoms with E-state index in [1.54, 1.807) is 6.07 Å². The van der Waals surface area contributed by atoms with Gasteiger partial charge in [0.05, 0.1) is 6.10 Å². The predicted octanol–water partition coefficient (Wildman–Crippen LogP) is 2.31. The van der Waals surface area contributed by atoms with E-state index in [0.717, 1.165) is 24.2 Å². The summed E-state index contributed by atoms with van der Waals surface area (Å²) in [4.78, 5) is 2.16. The van der Waals surface area contributed by atoms with E-state index in [2.05, 4.69) is 17.1 Å². The van der Waals surface area contributed by atoms with E-state index in [9.17, 15) is 9.50 Å². The summed E-state index contributed by atoms with van der Waals surface area (Å²) in [7, 11) is 1.87. The Bertz CT molecular complexity index is 438. The smallest absolute Gasteiger partial charge is 0.123 e. The first kappa shape index (κ1) is 14.3. The molecular weight excluding hydrogens is 243 g/mol. The van der Waals surface area contributed by atoms with Gasteiger partial charge in [-0.2, -0.15) is 0 Å². The average Bonchev–Trinajstić information content (AvgIpc) is 2.41. The quantitative estimate of drug-likeness (QED) is 0.881. The lowest BCUT2D eigenvalue weighted by atomic mass is 9.94. The summed E-state index contributed by atoms with van der Waals surface area (Å²) >= 11 is 0. The van der Waals surface area contributed by atoms with E-state index in [1.165, 1.54) is 6.07 Å². The molecule has 4 heteroatoms. The molecule has 1 fully saturated rings. The van der Waals surface area contributed by atoms with Crippen LogP contribution >= 0.6 is 0 Å². The molecule has 1 aliphatic heterocycles. The molecule has 0 spiro atoms. The molecule has 106 valence electrons. The maximum Gasteiger partial charge on any atom is 0.123 e. The average molecular weight is 266 g/mol. The van der Waals surface area contributed by atoms with Gasteiger partial charge in [-0.3, -0.25) is 0 Å². The second-order valence-electron chi connectivity index (χ2n) is 5.49. The molecule has 2 rings (SSSR count). The predicted molar refractivity (Wildman–Crippen MR) is 75.9 cm³/mol. The Hall–Kier alpha value is -1.13. The number of halogens is 1. The van der Waals surface area contributed by atoms with Crippen molar-refractivity contribution in [1.29, 1.82) is 0 Å². The van der Waals surface area contributed by atoms with E-state index in [-0.39, 0.29) is 18.0 Å². The SMILES string of the molecule is CNC(C)c1cc(F)ccc1N1CCC(C)C(O)C1. The molecule has 0 aliphatic carbocycles. The fraction of sp³-hybridized carbons (Fsp3) is 0.600. The van der Waals surface area contributed by atoms with Crippen LogP contribution in [0.1, 0.15) is 31.9 Å². The van der Waals surface area contributed by atoms with Gasteiger partial charge in [-0.05, 0) is 50.1 Å². The van der Waals surface area contributed by atoms with Crippen molar-refractivity contribution < 1.29 is 9.50 Å². The zero-order valence-electron chi connectivity index (χ0n) is 11.9. The van der Waals surface area contributed by atoms with Crippen molar-refractivity contribution in [2.75, 3.05) is 25.0 Å². The molecule has 3 atom stereocenters. The molecule has 0 bridgehead atoms. The zero-order chi connectivity index (χ0) is 14.0. The van der Waals surface area contributed by atoms with Crippen LogP contribution in [0, 0.1) is 11.7 Å². The maximum atomic E-state index is 13.5. The zero-order valence-corrected chi connectivity index (χ0v) is 11.9. The summed E-state index contributed by atoms with van der Waals surface area (Å²) in [5.74, 6) is 0.119. The van der Waals surface area contributed by atoms with Gasteiger partial charge in [-0.25, -0.2) is 4.39 Å². The molecule has 3 nitrogen and oxygen atoms in total. The van der Waals surface area contributed by atoms with Gasteiger partial charge < -0.3 is 15.3 Å². The van der Waals surface area contributed by atoms with Crippen LogP contribution in [0.4, 0.5) is 10.1 Å². The lowest BCUT2D eigenvalue weighted by Gasteiger charge is -2.37. The first-order chi connectivity index (χ1) is 9.02. The molecule has 3 unspecified atom stereocenters. The molecule has 1 heterocycles. The number of hydrogen-bond acceptors (Lipinski definition) is 3. The van der Waals surface area contributed by atoms with Gasteiger partial charge in [0.15, 0.2) is 0 Å². The van der Waals surface area contributed by atoms with Crippen molar-refractivity contribution in [3.63, 3.8) is 0 Å². The van der Waals surface area contributed by atoms with Crippen molar-refractivity contribution in [1.82, 2.24) is 5.32 Å². The minimum absolute atomic E-state index is 0.0854. The van der Waals surface area contributed by atoms with Gasteiger partial charge in [-0.1, -0.05) is 6.92 Å². The van der Waals surface area contributed by atoms with Crippen molar-refractivity contribution >= 4 is 5.69 Å². The monoisotopic (exact) mass is 266 g/mol. The van der Waals surface area contributed by atoms with Gasteiger partial charge in [-0.15, -0.1) is 0 Å². The first-order valence-electron chi connectivity index (χ1n) is 6.92. The number of hydrogen-bond donors (Lipinski definition) is 2. The Morgan fingerprint density at radius 2 is 2.21 bits per heavy atom. The summed E-state index contributed by atoms with van der Waals surface area (Å²) in [6.45, 7) is 5.62. The largest absolute Gasteiger partial charge is 0.391 e. The minimum Gasteiger partial charge on any atom is -0.391 e. The summed E-state index contributed by atoms with van der Waals surface area (Å²) < 4.78 is 13.5. The topological polar surface area (TPSA) is 35.5 Å². The Morgan fingerprint density at radius 3 is 2.84 bits per heavy atom. The van der Waals surface area contributed by atoms with E-state index in [4.69, 9.17) is 0 Å². The number of aliphatic hydroxyl groups is 1. The molecule has 0 aromatic heterocycles. The third kappa shape index (κ3) is 3.07. The fourth-order valence-electron chi connectivity index (χ4n) is 2.58. The van der Waals surface area contributed by atoms with Crippen LogP contribution in [0.15, 0.2) is 18.2 Å². The van der Waals surface area contributed by atoms with Gasteiger partial charge >= 0.3 is 0 Å². The second-order valence-corrected chi connectivity index (χ2v) is 5.49. The summed E-state index contributed by atoms with van der Waals surface area (Å²) in [5.41, 5.74) is 1.97. The summed E-state index contributed by atoms with van der Waals surface area (Å²) in [6, 6.07) is 4.98. The number of β-amino-alcohol motifs (C(OH)–C–C–N with tert-alkyl or cyclic N) is 1. The molecule has 1 saturated heterocycles. The molecular formula is C15H23FN2O. The van der Waals surface area contributed by atoms with Crippen molar-refractivity contribution in [2.24, 2.45) is 5.92 Å². The molecule has 1 aromatic carbocycles. The highest BCUT2D eigenvalue weighted by Gasteiger charge is 2.26. The van der Waals surface area contributed by atoms with E-state index in [1.807, 2.05) is 20.0 Å². The van der Waals surface area contributed by atoms with Gasteiger partial charge in [0.1, 0.15) is 5.82 Å². The number of nitrogens with one attached hydrogen (secondary N) is 1. The molecule has 19 heavy (non-hydrogen) atoms. The van der Waals surface area contributed by atoms with E-state index >= 15 is 0 Å². The van der Waals surface area contributed by atoms with Crippen molar-refractivity contribution in [3.05, 3.63) is 29.6 Å². The van der Waals surface area contributed by atoms with Crippen molar-refractivity contribution in [3.8, 4) is 0 Å². The molecule has 0 amide bonds. The minimum atomic E-state index is -0.309. The van der Waals surface area contributed by atoms with Gasteiger partial charge in [0, 0.05) is 24.8 Å². The van der Waals surface area contributed by atoms with Crippen LogP contribution in [0.25, 0.3) is 0 Å². The van der Waals surface area contributed by atoms with Crippen LogP contribution in [-0.2, 0) is 0 Å². The highest BCUT2D eigenvalue weighted by Crippen LogP contribution is 2.30. The molecule has 0 radical (unpaired) electrons. The number of aliphatic hydroxyl groups excluding tert-OH is 1. The summed E-state index contributed by atoms with van der Waals surface area (Å²) in [5, 5.41) is 13.2. The number of benzene rings is 1. The lowest BCUT2D eigenvalue weighted by Crippen LogP contribution is -2.43. The molecule has 1 aliphatic rings. The molecule has 1 aromatic rings. The Kier molecular flexibility index (Phi) is 4.42. The highest BCUT2D eigenvalue weighted by atomic mass is 19.1. The number of rotatable bonds is 3. The first-order valence-corrected chi connectivity index (χ1v) is 6.92. The van der Waals surface area contributed by atoms with Crippen LogP contribution in [0.5, 0.6) is 0 Å².